The average molecular weight is 172 g/mol. The minimum absolute atomic E-state index is 0.0710. The summed E-state index contributed by atoms with van der Waals surface area (Å²) in [5, 5.41) is 4.24. The number of imide groups is 1. The van der Waals surface area contributed by atoms with Crippen molar-refractivity contribution in [3.05, 3.63) is 0 Å². The van der Waals surface area contributed by atoms with Gasteiger partial charge >= 0.3 is 12.0 Å². The number of carbonyl (C=O) groups is 3. The second-order valence-corrected chi connectivity index (χ2v) is 2.30. The van der Waals surface area contributed by atoms with Crippen LogP contribution in [0.1, 0.15) is 6.42 Å². The van der Waals surface area contributed by atoms with Crippen LogP contribution in [-0.4, -0.2) is 31.1 Å². The fraction of sp³-hybridized carbons (Fsp3) is 0.500. The van der Waals surface area contributed by atoms with E-state index >= 15 is 0 Å². The molecule has 12 heavy (non-hydrogen) atoms. The van der Waals surface area contributed by atoms with E-state index in [1.54, 1.807) is 0 Å². The van der Waals surface area contributed by atoms with Crippen molar-refractivity contribution in [2.75, 3.05) is 7.11 Å². The first kappa shape index (κ1) is 8.51. The van der Waals surface area contributed by atoms with Gasteiger partial charge in [0.15, 0.2) is 0 Å². The number of hydrogen-bond donors (Lipinski definition) is 2. The Hall–Kier alpha value is -1.59. The first-order valence-electron chi connectivity index (χ1n) is 3.31. The molecule has 0 aromatic rings. The van der Waals surface area contributed by atoms with E-state index in [4.69, 9.17) is 0 Å². The summed E-state index contributed by atoms with van der Waals surface area (Å²) in [6.07, 6.45) is -0.0710. The van der Waals surface area contributed by atoms with Crippen LogP contribution in [0.3, 0.4) is 0 Å². The number of urea groups is 1. The number of esters is 1. The zero-order valence-electron chi connectivity index (χ0n) is 6.42. The highest BCUT2D eigenvalue weighted by atomic mass is 16.5. The number of rotatable bonds is 1. The molecule has 0 radical (unpaired) electrons. The summed E-state index contributed by atoms with van der Waals surface area (Å²) < 4.78 is 4.35. The Balaban J connectivity index is 2.61. The first-order valence-corrected chi connectivity index (χ1v) is 3.31. The lowest BCUT2D eigenvalue weighted by Crippen LogP contribution is -2.55. The molecular weight excluding hydrogens is 164 g/mol. The van der Waals surface area contributed by atoms with E-state index in [-0.39, 0.29) is 6.42 Å². The number of carbonyl (C=O) groups excluding carboxylic acids is 3. The monoisotopic (exact) mass is 172 g/mol. The molecule has 0 aliphatic carbocycles. The molecule has 0 aromatic heterocycles. The second-order valence-electron chi connectivity index (χ2n) is 2.30. The topological polar surface area (TPSA) is 84.5 Å². The maximum atomic E-state index is 10.8. The maximum Gasteiger partial charge on any atom is 0.328 e. The summed E-state index contributed by atoms with van der Waals surface area (Å²) in [4.78, 5) is 32.2. The van der Waals surface area contributed by atoms with E-state index in [2.05, 4.69) is 10.1 Å². The van der Waals surface area contributed by atoms with Gasteiger partial charge in [-0.25, -0.2) is 9.59 Å². The van der Waals surface area contributed by atoms with Crippen LogP contribution in [0.25, 0.3) is 0 Å². The Bertz CT molecular complexity index is 222. The Kier molecular flexibility index (Phi) is 2.27. The van der Waals surface area contributed by atoms with Crippen molar-refractivity contribution in [3.63, 3.8) is 0 Å². The third-order valence-electron chi connectivity index (χ3n) is 1.43. The van der Waals surface area contributed by atoms with Gasteiger partial charge in [-0.2, -0.15) is 0 Å². The van der Waals surface area contributed by atoms with E-state index in [0.29, 0.717) is 0 Å². The van der Waals surface area contributed by atoms with E-state index in [1.165, 1.54) is 7.11 Å². The zero-order valence-corrected chi connectivity index (χ0v) is 6.42. The number of hydrogen-bond acceptors (Lipinski definition) is 4. The van der Waals surface area contributed by atoms with Crippen LogP contribution in [-0.2, 0) is 14.3 Å². The lowest BCUT2D eigenvalue weighted by molar-refractivity contribution is -0.145. The number of amides is 3. The lowest BCUT2D eigenvalue weighted by atomic mass is 10.2. The molecule has 6 nitrogen and oxygen atoms in total. The number of methoxy groups -OCH3 is 1. The Labute approximate surface area is 68.3 Å². The summed E-state index contributed by atoms with van der Waals surface area (Å²) in [5.41, 5.74) is 0. The molecule has 1 atom stereocenters. The molecular formula is C6H8N2O4. The predicted octanol–water partition coefficient (Wildman–Crippen LogP) is -1.24. The standard InChI is InChI=1S/C6H8N2O4/c1-12-5(10)3-2-4(9)8-6(11)7-3/h3H,2H2,1H3,(H2,7,8,9,11). The molecule has 3 amide bonds. The number of nitrogens with one attached hydrogen (secondary N) is 2. The van der Waals surface area contributed by atoms with Gasteiger partial charge in [-0.1, -0.05) is 0 Å². The molecule has 1 heterocycles. The Morgan fingerprint density at radius 1 is 1.58 bits per heavy atom. The largest absolute Gasteiger partial charge is 0.467 e. The van der Waals surface area contributed by atoms with Crippen LogP contribution in [0.5, 0.6) is 0 Å². The molecule has 0 bridgehead atoms. The fourth-order valence-electron chi connectivity index (χ4n) is 0.893. The normalized spacial score (nSPS) is 22.6. The van der Waals surface area contributed by atoms with Crippen molar-refractivity contribution in [3.8, 4) is 0 Å². The van der Waals surface area contributed by atoms with Crippen molar-refractivity contribution < 1.29 is 19.1 Å². The van der Waals surface area contributed by atoms with E-state index in [9.17, 15) is 14.4 Å². The number of ether oxygens (including phenoxy) is 1. The van der Waals surface area contributed by atoms with Crippen molar-refractivity contribution >= 4 is 17.9 Å². The summed E-state index contributed by atoms with van der Waals surface area (Å²) in [7, 11) is 1.20. The van der Waals surface area contributed by atoms with Gasteiger partial charge in [-0.3, -0.25) is 10.1 Å². The highest BCUT2D eigenvalue weighted by Crippen LogP contribution is 1.99. The zero-order chi connectivity index (χ0) is 9.14. The minimum Gasteiger partial charge on any atom is -0.467 e. The smallest absolute Gasteiger partial charge is 0.328 e. The van der Waals surface area contributed by atoms with Gasteiger partial charge in [0.25, 0.3) is 0 Å². The third-order valence-corrected chi connectivity index (χ3v) is 1.43. The molecule has 0 aromatic carbocycles. The molecule has 1 aliphatic rings. The van der Waals surface area contributed by atoms with Crippen molar-refractivity contribution in [1.82, 2.24) is 10.6 Å². The van der Waals surface area contributed by atoms with Crippen LogP contribution in [0.4, 0.5) is 4.79 Å². The quantitative estimate of drug-likeness (QED) is 0.484. The Morgan fingerprint density at radius 2 is 2.25 bits per heavy atom. The predicted molar refractivity (Wildman–Crippen MR) is 37.1 cm³/mol. The molecule has 2 N–H and O–H groups in total. The van der Waals surface area contributed by atoms with Crippen LogP contribution in [0, 0.1) is 0 Å². The van der Waals surface area contributed by atoms with E-state index in [0.717, 1.165) is 0 Å². The summed E-state index contributed by atoms with van der Waals surface area (Å²) in [6.45, 7) is 0. The van der Waals surface area contributed by atoms with Gasteiger partial charge in [0.2, 0.25) is 5.91 Å². The van der Waals surface area contributed by atoms with Crippen molar-refractivity contribution in [1.29, 1.82) is 0 Å². The minimum atomic E-state index is -0.851. The first-order chi connectivity index (χ1) is 5.63. The highest BCUT2D eigenvalue weighted by molar-refractivity contribution is 6.01. The molecule has 1 saturated heterocycles. The van der Waals surface area contributed by atoms with Gasteiger partial charge in [0.05, 0.1) is 13.5 Å². The fourth-order valence-corrected chi connectivity index (χ4v) is 0.893. The summed E-state index contributed by atoms with van der Waals surface area (Å²) in [6, 6.07) is -1.52. The second kappa shape index (κ2) is 3.21. The molecule has 66 valence electrons. The summed E-state index contributed by atoms with van der Waals surface area (Å²) >= 11 is 0. The average Bonchev–Trinajstić information content (AvgIpc) is 2.01. The van der Waals surface area contributed by atoms with Crippen molar-refractivity contribution in [2.24, 2.45) is 0 Å². The van der Waals surface area contributed by atoms with E-state index < -0.39 is 23.9 Å². The van der Waals surface area contributed by atoms with Gasteiger partial charge in [0.1, 0.15) is 6.04 Å². The maximum absolute atomic E-state index is 10.8. The molecule has 6 heteroatoms. The van der Waals surface area contributed by atoms with Crippen LogP contribution in [0.2, 0.25) is 0 Å². The van der Waals surface area contributed by atoms with Gasteiger partial charge in [-0.15, -0.1) is 0 Å². The van der Waals surface area contributed by atoms with Gasteiger partial charge in [0, 0.05) is 0 Å². The lowest BCUT2D eigenvalue weighted by Gasteiger charge is -2.20. The van der Waals surface area contributed by atoms with E-state index in [1.807, 2.05) is 5.32 Å². The SMILES string of the molecule is COC(=O)C1CC(=O)NC(=O)N1. The van der Waals surface area contributed by atoms with Crippen LogP contribution < -0.4 is 10.6 Å². The molecule has 1 fully saturated rings. The summed E-state index contributed by atoms with van der Waals surface area (Å²) in [5.74, 6) is -1.09. The van der Waals surface area contributed by atoms with Gasteiger partial charge in [-0.05, 0) is 0 Å². The van der Waals surface area contributed by atoms with Crippen LogP contribution in [0.15, 0.2) is 0 Å². The van der Waals surface area contributed by atoms with Crippen molar-refractivity contribution in [2.45, 2.75) is 12.5 Å². The molecule has 0 saturated carbocycles. The molecule has 1 rings (SSSR count). The highest BCUT2D eigenvalue weighted by Gasteiger charge is 2.29. The molecule has 1 unspecified atom stereocenters. The molecule has 1 aliphatic heterocycles. The molecule has 0 spiro atoms. The third kappa shape index (κ3) is 1.71. The Morgan fingerprint density at radius 3 is 2.75 bits per heavy atom. The van der Waals surface area contributed by atoms with Gasteiger partial charge < -0.3 is 10.1 Å². The van der Waals surface area contributed by atoms with Crippen LogP contribution >= 0.6 is 0 Å².